The van der Waals surface area contributed by atoms with Gasteiger partial charge < -0.3 is 5.11 Å². The van der Waals surface area contributed by atoms with Crippen molar-refractivity contribution in [2.24, 2.45) is 5.92 Å². The highest BCUT2D eigenvalue weighted by Gasteiger charge is 2.33. The minimum atomic E-state index is -0.637. The molecular weight excluding hydrogens is 200 g/mol. The van der Waals surface area contributed by atoms with E-state index in [0.717, 1.165) is 25.7 Å². The van der Waals surface area contributed by atoms with Crippen LogP contribution in [0.25, 0.3) is 0 Å². The lowest BCUT2D eigenvalue weighted by atomic mass is 9.88. The Morgan fingerprint density at radius 3 is 2.56 bits per heavy atom. The van der Waals surface area contributed by atoms with Gasteiger partial charge >= 0.3 is 5.97 Å². The van der Waals surface area contributed by atoms with Crippen molar-refractivity contribution in [2.75, 3.05) is 0 Å². The van der Waals surface area contributed by atoms with Crippen LogP contribution in [0.2, 0.25) is 0 Å². The maximum atomic E-state index is 11.1. The summed E-state index contributed by atoms with van der Waals surface area (Å²) in [5, 5.41) is 9.15. The van der Waals surface area contributed by atoms with Crippen LogP contribution in [0.1, 0.15) is 43.2 Å². The molecule has 2 unspecified atom stereocenters. The molecule has 1 N–H and O–H groups in total. The minimum Gasteiger partial charge on any atom is -0.481 e. The smallest absolute Gasteiger partial charge is 0.307 e. The Bertz CT molecular complexity index is 367. The molecule has 0 aliphatic heterocycles. The first-order valence-electron chi connectivity index (χ1n) is 6.04. The van der Waals surface area contributed by atoms with E-state index in [0.29, 0.717) is 0 Å². The molecular formula is C14H18O2. The quantitative estimate of drug-likeness (QED) is 0.845. The van der Waals surface area contributed by atoms with E-state index in [1.54, 1.807) is 0 Å². The molecule has 1 aromatic carbocycles. The summed E-state index contributed by atoms with van der Waals surface area (Å²) in [6.07, 6.45) is 3.92. The highest BCUT2D eigenvalue weighted by Crippen LogP contribution is 2.39. The molecule has 0 amide bonds. The van der Waals surface area contributed by atoms with E-state index >= 15 is 0 Å². The van der Waals surface area contributed by atoms with Gasteiger partial charge in [-0.25, -0.2) is 0 Å². The van der Waals surface area contributed by atoms with Crippen LogP contribution >= 0.6 is 0 Å². The number of carboxylic acid groups (broad SMARTS) is 1. The van der Waals surface area contributed by atoms with Gasteiger partial charge in [0.15, 0.2) is 0 Å². The zero-order valence-electron chi connectivity index (χ0n) is 9.65. The molecule has 1 aliphatic carbocycles. The summed E-state index contributed by atoms with van der Waals surface area (Å²) in [5.41, 5.74) is 2.51. The van der Waals surface area contributed by atoms with Crippen LogP contribution in [0.15, 0.2) is 24.3 Å². The van der Waals surface area contributed by atoms with Crippen LogP contribution in [0.4, 0.5) is 0 Å². The Labute approximate surface area is 96.3 Å². The Hall–Kier alpha value is -1.31. The van der Waals surface area contributed by atoms with Crippen molar-refractivity contribution in [3.63, 3.8) is 0 Å². The molecule has 2 rings (SSSR count). The number of hydrogen-bond acceptors (Lipinski definition) is 1. The number of hydrogen-bond donors (Lipinski definition) is 1. The van der Waals surface area contributed by atoms with Crippen molar-refractivity contribution >= 4 is 5.97 Å². The zero-order valence-corrected chi connectivity index (χ0v) is 9.65. The van der Waals surface area contributed by atoms with Gasteiger partial charge in [-0.1, -0.05) is 37.6 Å². The molecule has 1 fully saturated rings. The van der Waals surface area contributed by atoms with Gasteiger partial charge in [-0.15, -0.1) is 0 Å². The van der Waals surface area contributed by atoms with Gasteiger partial charge in [-0.2, -0.15) is 0 Å². The predicted octanol–water partition coefficient (Wildman–Crippen LogP) is 3.22. The van der Waals surface area contributed by atoms with Crippen molar-refractivity contribution < 1.29 is 9.90 Å². The molecule has 0 heterocycles. The van der Waals surface area contributed by atoms with Crippen molar-refractivity contribution in [1.29, 1.82) is 0 Å². The monoisotopic (exact) mass is 218 g/mol. The maximum Gasteiger partial charge on any atom is 0.307 e. The van der Waals surface area contributed by atoms with Crippen LogP contribution in [0.5, 0.6) is 0 Å². The van der Waals surface area contributed by atoms with E-state index in [1.807, 2.05) is 0 Å². The molecule has 2 atom stereocenters. The fourth-order valence-electron chi connectivity index (χ4n) is 2.66. The summed E-state index contributed by atoms with van der Waals surface area (Å²) < 4.78 is 0. The lowest BCUT2D eigenvalue weighted by Gasteiger charge is -2.16. The molecule has 0 spiro atoms. The first kappa shape index (κ1) is 11.2. The molecule has 86 valence electrons. The number of carboxylic acids is 1. The standard InChI is InChI=1S/C14H18O2/c1-2-10-6-8-11(9-7-10)12-4-3-5-13(12)14(15)16/h6-9,12-13H,2-5H2,1H3,(H,15,16). The summed E-state index contributed by atoms with van der Waals surface area (Å²) in [7, 11) is 0. The third-order valence-electron chi connectivity index (χ3n) is 3.65. The molecule has 0 bridgehead atoms. The lowest BCUT2D eigenvalue weighted by Crippen LogP contribution is -2.16. The fourth-order valence-corrected chi connectivity index (χ4v) is 2.66. The molecule has 0 aromatic heterocycles. The van der Waals surface area contributed by atoms with Crippen LogP contribution in [-0.4, -0.2) is 11.1 Å². The molecule has 2 heteroatoms. The van der Waals surface area contributed by atoms with E-state index in [4.69, 9.17) is 5.11 Å². The summed E-state index contributed by atoms with van der Waals surface area (Å²) in [6, 6.07) is 8.44. The molecule has 16 heavy (non-hydrogen) atoms. The third kappa shape index (κ3) is 2.11. The fraction of sp³-hybridized carbons (Fsp3) is 0.500. The molecule has 1 aliphatic rings. The van der Waals surface area contributed by atoms with Crippen LogP contribution < -0.4 is 0 Å². The van der Waals surface area contributed by atoms with E-state index in [1.165, 1.54) is 11.1 Å². The van der Waals surface area contributed by atoms with Gasteiger partial charge in [0.2, 0.25) is 0 Å². The van der Waals surface area contributed by atoms with Gasteiger partial charge in [0.1, 0.15) is 0 Å². The summed E-state index contributed by atoms with van der Waals surface area (Å²) in [6.45, 7) is 2.13. The Morgan fingerprint density at radius 1 is 1.31 bits per heavy atom. The third-order valence-corrected chi connectivity index (χ3v) is 3.65. The van der Waals surface area contributed by atoms with Gasteiger partial charge in [0, 0.05) is 0 Å². The van der Waals surface area contributed by atoms with Crippen LogP contribution in [0.3, 0.4) is 0 Å². The second-order valence-corrected chi connectivity index (χ2v) is 4.58. The zero-order chi connectivity index (χ0) is 11.5. The van der Waals surface area contributed by atoms with E-state index in [-0.39, 0.29) is 11.8 Å². The number of aryl methyl sites for hydroxylation is 1. The van der Waals surface area contributed by atoms with E-state index in [9.17, 15) is 4.79 Å². The van der Waals surface area contributed by atoms with Crippen molar-refractivity contribution in [2.45, 2.75) is 38.5 Å². The normalized spacial score (nSPS) is 24.6. The molecule has 0 radical (unpaired) electrons. The van der Waals surface area contributed by atoms with E-state index < -0.39 is 5.97 Å². The molecule has 2 nitrogen and oxygen atoms in total. The van der Waals surface area contributed by atoms with Crippen molar-refractivity contribution in [3.05, 3.63) is 35.4 Å². The first-order chi connectivity index (χ1) is 7.72. The number of carbonyl (C=O) groups is 1. The topological polar surface area (TPSA) is 37.3 Å². The molecule has 1 saturated carbocycles. The van der Waals surface area contributed by atoms with Crippen molar-refractivity contribution in [1.82, 2.24) is 0 Å². The van der Waals surface area contributed by atoms with Gasteiger partial charge in [0.25, 0.3) is 0 Å². The Balaban J connectivity index is 2.19. The number of rotatable bonds is 3. The Kier molecular flexibility index (Phi) is 3.28. The second-order valence-electron chi connectivity index (χ2n) is 4.58. The Morgan fingerprint density at radius 2 is 2.00 bits per heavy atom. The van der Waals surface area contributed by atoms with Crippen LogP contribution in [0, 0.1) is 5.92 Å². The SMILES string of the molecule is CCc1ccc(C2CCCC2C(=O)O)cc1. The van der Waals surface area contributed by atoms with Crippen LogP contribution in [-0.2, 0) is 11.2 Å². The largest absolute Gasteiger partial charge is 0.481 e. The van der Waals surface area contributed by atoms with Gasteiger partial charge in [0.05, 0.1) is 5.92 Å². The first-order valence-corrected chi connectivity index (χ1v) is 6.04. The number of benzene rings is 1. The highest BCUT2D eigenvalue weighted by atomic mass is 16.4. The predicted molar refractivity (Wildman–Crippen MR) is 63.5 cm³/mol. The summed E-state index contributed by atoms with van der Waals surface area (Å²) in [4.78, 5) is 11.1. The minimum absolute atomic E-state index is 0.174. The summed E-state index contributed by atoms with van der Waals surface area (Å²) in [5.74, 6) is -0.585. The average Bonchev–Trinajstić information content (AvgIpc) is 2.78. The lowest BCUT2D eigenvalue weighted by molar-refractivity contribution is -0.142. The highest BCUT2D eigenvalue weighted by molar-refractivity contribution is 5.71. The van der Waals surface area contributed by atoms with Gasteiger partial charge in [-0.3, -0.25) is 4.79 Å². The summed E-state index contributed by atoms with van der Waals surface area (Å²) >= 11 is 0. The maximum absolute atomic E-state index is 11.1. The second kappa shape index (κ2) is 4.69. The molecule has 1 aromatic rings. The average molecular weight is 218 g/mol. The number of aliphatic carboxylic acids is 1. The van der Waals surface area contributed by atoms with E-state index in [2.05, 4.69) is 31.2 Å². The van der Waals surface area contributed by atoms with Crippen molar-refractivity contribution in [3.8, 4) is 0 Å². The van der Waals surface area contributed by atoms with Gasteiger partial charge in [-0.05, 0) is 36.3 Å². The molecule has 0 saturated heterocycles.